The second kappa shape index (κ2) is 7.01. The van der Waals surface area contributed by atoms with Gasteiger partial charge in [-0.05, 0) is 38.5 Å². The van der Waals surface area contributed by atoms with Crippen molar-refractivity contribution in [3.8, 4) is 6.07 Å². The van der Waals surface area contributed by atoms with Gasteiger partial charge in [0.1, 0.15) is 0 Å². The number of nitriles is 1. The summed E-state index contributed by atoms with van der Waals surface area (Å²) in [5, 5.41) is 12.0. The molecule has 1 aromatic carbocycles. The summed E-state index contributed by atoms with van der Waals surface area (Å²) in [6.45, 7) is 6.15. The fourth-order valence-electron chi connectivity index (χ4n) is 1.63. The van der Waals surface area contributed by atoms with Crippen LogP contribution in [-0.2, 0) is 0 Å². The molecule has 5 heteroatoms. The van der Waals surface area contributed by atoms with E-state index in [1.54, 1.807) is 11.0 Å². The highest BCUT2D eigenvalue weighted by Gasteiger charge is 2.16. The van der Waals surface area contributed by atoms with E-state index in [0.29, 0.717) is 23.7 Å². The summed E-state index contributed by atoms with van der Waals surface area (Å²) < 4.78 is 0. The van der Waals surface area contributed by atoms with E-state index < -0.39 is 0 Å². The van der Waals surface area contributed by atoms with E-state index in [2.05, 4.69) is 5.32 Å². The third-order valence-corrected chi connectivity index (χ3v) is 3.18. The van der Waals surface area contributed by atoms with Crippen molar-refractivity contribution in [1.82, 2.24) is 4.90 Å². The van der Waals surface area contributed by atoms with Gasteiger partial charge in [0.2, 0.25) is 0 Å². The lowest BCUT2D eigenvalue weighted by molar-refractivity contribution is 0.198. The van der Waals surface area contributed by atoms with Crippen LogP contribution in [0, 0.1) is 18.3 Å². The van der Waals surface area contributed by atoms with Gasteiger partial charge in [0, 0.05) is 23.3 Å². The first-order valence-corrected chi connectivity index (χ1v) is 6.54. The van der Waals surface area contributed by atoms with Gasteiger partial charge in [0.25, 0.3) is 0 Å². The summed E-state index contributed by atoms with van der Waals surface area (Å²) in [4.78, 5) is 13.7. The van der Waals surface area contributed by atoms with Crippen molar-refractivity contribution in [2.75, 3.05) is 11.9 Å². The van der Waals surface area contributed by atoms with Crippen LogP contribution in [0.5, 0.6) is 0 Å². The summed E-state index contributed by atoms with van der Waals surface area (Å²) in [6.07, 6.45) is 0.320. The molecular formula is C14H18ClN3O. The monoisotopic (exact) mass is 279 g/mol. The smallest absolute Gasteiger partial charge is 0.321 e. The largest absolute Gasteiger partial charge is 0.322 e. The average Bonchev–Trinajstić information content (AvgIpc) is 2.34. The van der Waals surface area contributed by atoms with E-state index >= 15 is 0 Å². The molecule has 0 saturated heterocycles. The maximum absolute atomic E-state index is 12.1. The SMILES string of the molecule is Cc1ccc(NC(=O)N(CCC#N)C(C)C)cc1Cl. The van der Waals surface area contributed by atoms with Crippen molar-refractivity contribution in [1.29, 1.82) is 5.26 Å². The van der Waals surface area contributed by atoms with Crippen LogP contribution in [0.4, 0.5) is 10.5 Å². The molecule has 0 aliphatic rings. The van der Waals surface area contributed by atoms with Crippen molar-refractivity contribution in [3.05, 3.63) is 28.8 Å². The quantitative estimate of drug-likeness (QED) is 0.911. The molecule has 4 nitrogen and oxygen atoms in total. The van der Waals surface area contributed by atoms with E-state index in [-0.39, 0.29) is 12.1 Å². The van der Waals surface area contributed by atoms with Gasteiger partial charge in [-0.25, -0.2) is 4.79 Å². The first kappa shape index (κ1) is 15.3. The number of anilines is 1. The Morgan fingerprint density at radius 2 is 2.21 bits per heavy atom. The predicted octanol–water partition coefficient (Wildman–Crippen LogP) is 3.80. The third-order valence-electron chi connectivity index (χ3n) is 2.77. The van der Waals surface area contributed by atoms with Crippen LogP contribution >= 0.6 is 11.6 Å². The number of hydrogen-bond donors (Lipinski definition) is 1. The Labute approximate surface area is 119 Å². The minimum Gasteiger partial charge on any atom is -0.321 e. The summed E-state index contributed by atoms with van der Waals surface area (Å²) in [5.41, 5.74) is 1.62. The molecule has 0 aliphatic heterocycles. The van der Waals surface area contributed by atoms with Gasteiger partial charge in [-0.2, -0.15) is 5.26 Å². The van der Waals surface area contributed by atoms with Crippen molar-refractivity contribution >= 4 is 23.3 Å². The Kier molecular flexibility index (Phi) is 5.65. The number of nitrogens with zero attached hydrogens (tertiary/aromatic N) is 2. The lowest BCUT2D eigenvalue weighted by atomic mass is 10.2. The summed E-state index contributed by atoms with van der Waals surface area (Å²) in [7, 11) is 0. The van der Waals surface area contributed by atoms with Crippen LogP contribution in [0.15, 0.2) is 18.2 Å². The Morgan fingerprint density at radius 1 is 1.53 bits per heavy atom. The fourth-order valence-corrected chi connectivity index (χ4v) is 1.81. The Morgan fingerprint density at radius 3 is 2.74 bits per heavy atom. The van der Waals surface area contributed by atoms with Crippen LogP contribution in [0.2, 0.25) is 5.02 Å². The van der Waals surface area contributed by atoms with Gasteiger partial charge < -0.3 is 10.2 Å². The molecule has 0 saturated carbocycles. The van der Waals surface area contributed by atoms with Gasteiger partial charge in [-0.1, -0.05) is 17.7 Å². The second-order valence-electron chi connectivity index (χ2n) is 4.59. The van der Waals surface area contributed by atoms with Crippen molar-refractivity contribution < 1.29 is 4.79 Å². The van der Waals surface area contributed by atoms with Crippen molar-refractivity contribution in [3.63, 3.8) is 0 Å². The van der Waals surface area contributed by atoms with E-state index in [1.165, 1.54) is 0 Å². The molecule has 0 bridgehead atoms. The average molecular weight is 280 g/mol. The van der Waals surface area contributed by atoms with E-state index in [1.807, 2.05) is 39.0 Å². The molecule has 1 aromatic rings. The number of carbonyl (C=O) groups excluding carboxylic acids is 1. The van der Waals surface area contributed by atoms with E-state index in [9.17, 15) is 4.79 Å². The number of rotatable bonds is 4. The Balaban J connectivity index is 2.75. The number of aryl methyl sites for hydroxylation is 1. The maximum atomic E-state index is 12.1. The van der Waals surface area contributed by atoms with Crippen LogP contribution in [0.1, 0.15) is 25.8 Å². The molecule has 0 aliphatic carbocycles. The van der Waals surface area contributed by atoms with Crippen LogP contribution in [0.3, 0.4) is 0 Å². The lowest BCUT2D eigenvalue weighted by Gasteiger charge is -2.26. The van der Waals surface area contributed by atoms with Gasteiger partial charge in [0.15, 0.2) is 0 Å². The number of urea groups is 1. The van der Waals surface area contributed by atoms with Gasteiger partial charge in [0.05, 0.1) is 12.5 Å². The zero-order chi connectivity index (χ0) is 14.4. The van der Waals surface area contributed by atoms with Crippen LogP contribution < -0.4 is 5.32 Å². The zero-order valence-corrected chi connectivity index (χ0v) is 12.2. The number of halogens is 1. The Bertz CT molecular complexity index is 494. The van der Waals surface area contributed by atoms with Crippen molar-refractivity contribution in [2.45, 2.75) is 33.2 Å². The normalized spacial score (nSPS) is 10.1. The molecule has 1 rings (SSSR count). The first-order chi connectivity index (χ1) is 8.95. The van der Waals surface area contributed by atoms with Crippen LogP contribution in [-0.4, -0.2) is 23.5 Å². The minimum absolute atomic E-state index is 0.0364. The van der Waals surface area contributed by atoms with Gasteiger partial charge in [-0.3, -0.25) is 0 Å². The molecular weight excluding hydrogens is 262 g/mol. The molecule has 0 spiro atoms. The highest BCUT2D eigenvalue weighted by Crippen LogP contribution is 2.20. The molecule has 0 atom stereocenters. The topological polar surface area (TPSA) is 56.1 Å². The first-order valence-electron chi connectivity index (χ1n) is 6.16. The molecule has 2 amide bonds. The number of carbonyl (C=O) groups is 1. The standard InChI is InChI=1S/C14H18ClN3O/c1-10(2)18(8-4-7-16)14(19)17-12-6-5-11(3)13(15)9-12/h5-6,9-10H,4,8H2,1-3H3,(H,17,19). The number of benzene rings is 1. The molecule has 0 unspecified atom stereocenters. The highest BCUT2D eigenvalue weighted by atomic mass is 35.5. The molecule has 0 aromatic heterocycles. The number of nitrogens with one attached hydrogen (secondary N) is 1. The van der Waals surface area contributed by atoms with Gasteiger partial charge >= 0.3 is 6.03 Å². The third kappa shape index (κ3) is 4.46. The highest BCUT2D eigenvalue weighted by molar-refractivity contribution is 6.31. The molecule has 0 radical (unpaired) electrons. The van der Waals surface area contributed by atoms with Crippen LogP contribution in [0.25, 0.3) is 0 Å². The molecule has 19 heavy (non-hydrogen) atoms. The van der Waals surface area contributed by atoms with E-state index in [0.717, 1.165) is 5.56 Å². The van der Waals surface area contributed by atoms with E-state index in [4.69, 9.17) is 16.9 Å². The lowest BCUT2D eigenvalue weighted by Crippen LogP contribution is -2.40. The number of amides is 2. The second-order valence-corrected chi connectivity index (χ2v) is 5.00. The minimum atomic E-state index is -0.217. The molecule has 0 fully saturated rings. The zero-order valence-electron chi connectivity index (χ0n) is 11.4. The Hall–Kier alpha value is -1.73. The van der Waals surface area contributed by atoms with Crippen molar-refractivity contribution in [2.24, 2.45) is 0 Å². The molecule has 102 valence electrons. The molecule has 0 heterocycles. The summed E-state index contributed by atoms with van der Waals surface area (Å²) in [6, 6.07) is 7.25. The predicted molar refractivity (Wildman–Crippen MR) is 77.3 cm³/mol. The summed E-state index contributed by atoms with van der Waals surface area (Å²) >= 11 is 6.02. The van der Waals surface area contributed by atoms with Gasteiger partial charge in [-0.15, -0.1) is 0 Å². The fraction of sp³-hybridized carbons (Fsp3) is 0.429. The number of hydrogen-bond acceptors (Lipinski definition) is 2. The summed E-state index contributed by atoms with van der Waals surface area (Å²) in [5.74, 6) is 0. The maximum Gasteiger partial charge on any atom is 0.322 e. The molecule has 1 N–H and O–H groups in total.